The van der Waals surface area contributed by atoms with E-state index in [4.69, 9.17) is 4.74 Å². The van der Waals surface area contributed by atoms with Gasteiger partial charge in [-0.3, -0.25) is 4.79 Å². The first-order chi connectivity index (χ1) is 13.0. The van der Waals surface area contributed by atoms with Crippen LogP contribution >= 0.6 is 0 Å². The van der Waals surface area contributed by atoms with Gasteiger partial charge in [0.15, 0.2) is 5.78 Å². The highest BCUT2D eigenvalue weighted by Crippen LogP contribution is 2.24. The van der Waals surface area contributed by atoms with Crippen molar-refractivity contribution < 1.29 is 14.3 Å². The number of hydrogen-bond acceptors (Lipinski definition) is 3. The lowest BCUT2D eigenvalue weighted by Crippen LogP contribution is -2.11. The van der Waals surface area contributed by atoms with E-state index in [1.165, 1.54) is 19.3 Å². The SMILES string of the molecule is C=CC(=O)Oc1ccc(-c2ccc(C(=O)C(C)CCCCCC)cc2)cc1. The lowest BCUT2D eigenvalue weighted by Gasteiger charge is -2.11. The molecule has 3 nitrogen and oxygen atoms in total. The third kappa shape index (κ3) is 6.21. The summed E-state index contributed by atoms with van der Waals surface area (Å²) in [5.41, 5.74) is 2.78. The first-order valence-electron chi connectivity index (χ1n) is 9.64. The molecule has 1 unspecified atom stereocenters. The second-order valence-electron chi connectivity index (χ2n) is 6.84. The fourth-order valence-corrected chi connectivity index (χ4v) is 2.99. The normalized spacial score (nSPS) is 11.6. The topological polar surface area (TPSA) is 43.4 Å². The van der Waals surface area contributed by atoms with Gasteiger partial charge in [0.05, 0.1) is 0 Å². The van der Waals surface area contributed by atoms with Crippen molar-refractivity contribution in [1.82, 2.24) is 0 Å². The van der Waals surface area contributed by atoms with E-state index in [1.807, 2.05) is 43.3 Å². The van der Waals surface area contributed by atoms with Crippen LogP contribution in [0.3, 0.4) is 0 Å². The lowest BCUT2D eigenvalue weighted by molar-refractivity contribution is -0.128. The molecule has 0 saturated heterocycles. The van der Waals surface area contributed by atoms with Crippen LogP contribution in [0, 0.1) is 5.92 Å². The Labute approximate surface area is 162 Å². The van der Waals surface area contributed by atoms with Gasteiger partial charge in [-0.05, 0) is 29.7 Å². The number of esters is 1. The molecule has 2 aromatic carbocycles. The number of ketones is 1. The number of ether oxygens (including phenoxy) is 1. The van der Waals surface area contributed by atoms with Gasteiger partial charge in [0, 0.05) is 17.6 Å². The van der Waals surface area contributed by atoms with Crippen molar-refractivity contribution in [2.24, 2.45) is 5.92 Å². The second kappa shape index (κ2) is 10.5. The van der Waals surface area contributed by atoms with Crippen molar-refractivity contribution in [2.75, 3.05) is 0 Å². The maximum Gasteiger partial charge on any atom is 0.335 e. The first-order valence-corrected chi connectivity index (χ1v) is 9.64. The van der Waals surface area contributed by atoms with Crippen molar-refractivity contribution in [3.05, 3.63) is 66.7 Å². The molecule has 0 radical (unpaired) electrons. The van der Waals surface area contributed by atoms with E-state index >= 15 is 0 Å². The van der Waals surface area contributed by atoms with Crippen molar-refractivity contribution in [3.63, 3.8) is 0 Å². The molecule has 0 aliphatic rings. The van der Waals surface area contributed by atoms with Crippen LogP contribution < -0.4 is 4.74 Å². The van der Waals surface area contributed by atoms with Crippen molar-refractivity contribution in [2.45, 2.75) is 46.0 Å². The van der Waals surface area contributed by atoms with Crippen LogP contribution in [0.25, 0.3) is 11.1 Å². The Kier molecular flexibility index (Phi) is 8.00. The molecule has 0 aliphatic carbocycles. The summed E-state index contributed by atoms with van der Waals surface area (Å²) in [7, 11) is 0. The van der Waals surface area contributed by atoms with Crippen LogP contribution in [-0.4, -0.2) is 11.8 Å². The van der Waals surface area contributed by atoms with E-state index in [2.05, 4.69) is 13.5 Å². The molecule has 0 heterocycles. The van der Waals surface area contributed by atoms with Crippen molar-refractivity contribution in [3.8, 4) is 16.9 Å². The molecule has 0 spiro atoms. The highest BCUT2D eigenvalue weighted by atomic mass is 16.5. The Bertz CT molecular complexity index is 757. The minimum Gasteiger partial charge on any atom is -0.423 e. The molecule has 0 saturated carbocycles. The van der Waals surface area contributed by atoms with Gasteiger partial charge in [0.2, 0.25) is 0 Å². The molecule has 0 fully saturated rings. The van der Waals surface area contributed by atoms with Gasteiger partial charge in [0.1, 0.15) is 5.75 Å². The van der Waals surface area contributed by atoms with Crippen molar-refractivity contribution in [1.29, 1.82) is 0 Å². The third-order valence-corrected chi connectivity index (χ3v) is 4.68. The van der Waals surface area contributed by atoms with Crippen LogP contribution in [0.15, 0.2) is 61.2 Å². The molecule has 27 heavy (non-hydrogen) atoms. The zero-order chi connectivity index (χ0) is 19.6. The quantitative estimate of drug-likeness (QED) is 0.165. The fraction of sp³-hybridized carbons (Fsp3) is 0.333. The summed E-state index contributed by atoms with van der Waals surface area (Å²) in [4.78, 5) is 23.8. The molecular weight excluding hydrogens is 336 g/mol. The van der Waals surface area contributed by atoms with E-state index in [1.54, 1.807) is 12.1 Å². The van der Waals surface area contributed by atoms with Gasteiger partial charge in [-0.15, -0.1) is 0 Å². The molecule has 0 bridgehead atoms. The Balaban J connectivity index is 1.98. The number of rotatable bonds is 10. The van der Waals surface area contributed by atoms with E-state index in [0.717, 1.165) is 35.6 Å². The Morgan fingerprint density at radius 3 is 2.11 bits per heavy atom. The number of hydrogen-bond donors (Lipinski definition) is 0. The van der Waals surface area contributed by atoms with Crippen LogP contribution in [0.2, 0.25) is 0 Å². The van der Waals surface area contributed by atoms with E-state index in [9.17, 15) is 9.59 Å². The number of benzene rings is 2. The van der Waals surface area contributed by atoms with Gasteiger partial charge in [-0.25, -0.2) is 4.79 Å². The van der Waals surface area contributed by atoms with E-state index in [0.29, 0.717) is 5.75 Å². The minimum absolute atomic E-state index is 0.0616. The zero-order valence-electron chi connectivity index (χ0n) is 16.2. The summed E-state index contributed by atoms with van der Waals surface area (Å²) in [6, 6.07) is 15.0. The first kappa shape index (κ1) is 20.6. The van der Waals surface area contributed by atoms with Gasteiger partial charge in [-0.1, -0.05) is 82.5 Å². The lowest BCUT2D eigenvalue weighted by atomic mass is 9.93. The van der Waals surface area contributed by atoms with Gasteiger partial charge in [0.25, 0.3) is 0 Å². The summed E-state index contributed by atoms with van der Waals surface area (Å²) in [5, 5.41) is 0. The summed E-state index contributed by atoms with van der Waals surface area (Å²) in [5.74, 6) is 0.276. The molecule has 0 N–H and O–H groups in total. The smallest absolute Gasteiger partial charge is 0.335 e. The number of unbranched alkanes of at least 4 members (excludes halogenated alkanes) is 3. The average Bonchev–Trinajstić information content (AvgIpc) is 2.71. The van der Waals surface area contributed by atoms with Crippen LogP contribution in [0.1, 0.15) is 56.3 Å². The van der Waals surface area contributed by atoms with Crippen LogP contribution in [-0.2, 0) is 4.79 Å². The largest absolute Gasteiger partial charge is 0.423 e. The molecule has 1 atom stereocenters. The maximum atomic E-state index is 12.6. The summed E-state index contributed by atoms with van der Waals surface area (Å²) >= 11 is 0. The Morgan fingerprint density at radius 2 is 1.56 bits per heavy atom. The summed E-state index contributed by atoms with van der Waals surface area (Å²) in [6.45, 7) is 7.59. The molecule has 3 heteroatoms. The van der Waals surface area contributed by atoms with Gasteiger partial charge < -0.3 is 4.74 Å². The maximum absolute atomic E-state index is 12.6. The molecule has 0 aromatic heterocycles. The van der Waals surface area contributed by atoms with Gasteiger partial charge in [-0.2, -0.15) is 0 Å². The molecule has 0 amide bonds. The second-order valence-corrected chi connectivity index (χ2v) is 6.84. The van der Waals surface area contributed by atoms with Crippen LogP contribution in [0.4, 0.5) is 0 Å². The standard InChI is InChI=1S/C24H28O3/c1-4-6-7-8-9-18(3)24(26)21-12-10-19(11-13-21)20-14-16-22(17-15-20)27-23(25)5-2/h5,10-18H,2,4,6-9H2,1,3H3. The molecule has 0 aliphatic heterocycles. The monoisotopic (exact) mass is 364 g/mol. The minimum atomic E-state index is -0.477. The fourth-order valence-electron chi connectivity index (χ4n) is 2.99. The summed E-state index contributed by atoms with van der Waals surface area (Å²) in [6.07, 6.45) is 6.84. The predicted molar refractivity (Wildman–Crippen MR) is 110 cm³/mol. The average molecular weight is 364 g/mol. The summed E-state index contributed by atoms with van der Waals surface area (Å²) < 4.78 is 5.08. The molecule has 142 valence electrons. The van der Waals surface area contributed by atoms with E-state index < -0.39 is 5.97 Å². The highest BCUT2D eigenvalue weighted by Gasteiger charge is 2.14. The molecular formula is C24H28O3. The number of Topliss-reactive ketones (excluding diaryl/α,β-unsaturated/α-hetero) is 1. The molecule has 2 rings (SSSR count). The Hall–Kier alpha value is -2.68. The Morgan fingerprint density at radius 1 is 0.963 bits per heavy atom. The highest BCUT2D eigenvalue weighted by molar-refractivity contribution is 5.98. The van der Waals surface area contributed by atoms with Gasteiger partial charge >= 0.3 is 5.97 Å². The van der Waals surface area contributed by atoms with Crippen molar-refractivity contribution >= 4 is 11.8 Å². The molecule has 2 aromatic rings. The van der Waals surface area contributed by atoms with Crippen LogP contribution in [0.5, 0.6) is 5.75 Å². The number of carbonyl (C=O) groups excluding carboxylic acids is 2. The zero-order valence-corrected chi connectivity index (χ0v) is 16.2. The predicted octanol–water partition coefficient (Wildman–Crippen LogP) is 6.23. The third-order valence-electron chi connectivity index (χ3n) is 4.68. The van der Waals surface area contributed by atoms with E-state index in [-0.39, 0.29) is 11.7 Å². The number of carbonyl (C=O) groups is 2.